The van der Waals surface area contributed by atoms with Crippen molar-refractivity contribution in [3.05, 3.63) is 47.4 Å². The number of halogens is 2. The summed E-state index contributed by atoms with van der Waals surface area (Å²) in [6.07, 6.45) is 7.50. The number of aliphatic hydroxyl groups is 1. The molecule has 1 aromatic heterocycles. The van der Waals surface area contributed by atoms with Crippen LogP contribution in [0.2, 0.25) is 0 Å². The van der Waals surface area contributed by atoms with Gasteiger partial charge in [-0.3, -0.25) is 9.69 Å². The largest absolute Gasteiger partial charge is 0.392 e. The number of nitrogens with zero attached hydrogens (tertiary/aromatic N) is 3. The SMILES string of the molecule is CCC[C@H](N[C@H]1CCc2cc(F)cc(F)c2C1)C(=O)Nc1cn(C[C@@H]2CCN2C[C@H](C)O)cn1. The number of imidazole rings is 1. The van der Waals surface area contributed by atoms with Crippen LogP contribution in [-0.2, 0) is 24.2 Å². The van der Waals surface area contributed by atoms with Crippen LogP contribution in [0.15, 0.2) is 24.7 Å². The summed E-state index contributed by atoms with van der Waals surface area (Å²) in [6.45, 7) is 6.23. The number of nitrogens with one attached hydrogen (secondary N) is 2. The molecule has 0 saturated carbocycles. The van der Waals surface area contributed by atoms with Crippen LogP contribution in [0.25, 0.3) is 0 Å². The van der Waals surface area contributed by atoms with Crippen LogP contribution in [0.3, 0.4) is 0 Å². The Bertz CT molecular complexity index is 996. The third kappa shape index (κ3) is 6.00. The van der Waals surface area contributed by atoms with Gasteiger partial charge in [0.05, 0.1) is 18.5 Å². The van der Waals surface area contributed by atoms with Gasteiger partial charge in [0.1, 0.15) is 11.6 Å². The lowest BCUT2D eigenvalue weighted by atomic mass is 9.87. The van der Waals surface area contributed by atoms with E-state index < -0.39 is 17.7 Å². The Labute approximate surface area is 199 Å². The van der Waals surface area contributed by atoms with E-state index in [0.717, 1.165) is 44.0 Å². The van der Waals surface area contributed by atoms with E-state index in [2.05, 4.69) is 20.5 Å². The zero-order chi connectivity index (χ0) is 24.2. The van der Waals surface area contributed by atoms with Gasteiger partial charge in [0.2, 0.25) is 5.91 Å². The van der Waals surface area contributed by atoms with Gasteiger partial charge in [-0.2, -0.15) is 0 Å². The fourth-order valence-corrected chi connectivity index (χ4v) is 5.05. The summed E-state index contributed by atoms with van der Waals surface area (Å²) in [5, 5.41) is 15.9. The molecule has 2 aromatic rings. The number of β-amino-alcohol motifs (C(OH)–C–C–N with tert-alkyl or cyclic N) is 1. The number of likely N-dealkylation sites (tertiary alicyclic amines) is 1. The number of carbonyl (C=O) groups excluding carboxylic acids is 1. The summed E-state index contributed by atoms with van der Waals surface area (Å²) in [6, 6.07) is 2.24. The Balaban J connectivity index is 1.33. The molecule has 0 radical (unpaired) electrons. The van der Waals surface area contributed by atoms with Gasteiger partial charge < -0.3 is 20.3 Å². The highest BCUT2D eigenvalue weighted by Gasteiger charge is 2.29. The van der Waals surface area contributed by atoms with Crippen LogP contribution < -0.4 is 10.6 Å². The quantitative estimate of drug-likeness (QED) is 0.492. The van der Waals surface area contributed by atoms with E-state index in [1.54, 1.807) is 13.3 Å². The molecule has 7 nitrogen and oxygen atoms in total. The van der Waals surface area contributed by atoms with Crippen LogP contribution in [0.5, 0.6) is 0 Å². The molecule has 2 aliphatic rings. The third-order valence-corrected chi connectivity index (χ3v) is 6.87. The topological polar surface area (TPSA) is 82.4 Å². The van der Waals surface area contributed by atoms with Crippen molar-refractivity contribution in [1.82, 2.24) is 19.8 Å². The Morgan fingerprint density at radius 3 is 2.85 bits per heavy atom. The molecule has 34 heavy (non-hydrogen) atoms. The second-order valence-corrected chi connectivity index (χ2v) is 9.70. The van der Waals surface area contributed by atoms with Crippen molar-refractivity contribution in [2.75, 3.05) is 18.4 Å². The van der Waals surface area contributed by atoms with E-state index in [-0.39, 0.29) is 18.1 Å². The second kappa shape index (κ2) is 10.9. The molecule has 9 heteroatoms. The summed E-state index contributed by atoms with van der Waals surface area (Å²) in [5.41, 5.74) is 1.26. The first-order valence-electron chi connectivity index (χ1n) is 12.3. The number of hydrogen-bond donors (Lipinski definition) is 3. The molecule has 3 N–H and O–H groups in total. The summed E-state index contributed by atoms with van der Waals surface area (Å²) in [4.78, 5) is 19.6. The first-order chi connectivity index (χ1) is 16.3. The van der Waals surface area contributed by atoms with Crippen molar-refractivity contribution in [2.24, 2.45) is 0 Å². The van der Waals surface area contributed by atoms with Gasteiger partial charge in [-0.1, -0.05) is 13.3 Å². The number of benzene rings is 1. The standard InChI is InChI=1S/C25H35F2N5O2/c1-3-4-23(29-19-6-5-17-9-18(26)10-22(27)21(17)11-19)25(34)30-24-14-31(15-28-24)13-20-7-8-32(20)12-16(2)33/h9-10,14-16,19-20,23,29,33H,3-8,11-13H2,1-2H3,(H,30,34)/t16-,19-,20-,23-/m0/s1. The van der Waals surface area contributed by atoms with Gasteiger partial charge in [-0.05, 0) is 56.2 Å². The number of carbonyl (C=O) groups is 1. The summed E-state index contributed by atoms with van der Waals surface area (Å²) in [5.74, 6) is -0.707. The molecular weight excluding hydrogens is 440 g/mol. The first-order valence-corrected chi connectivity index (χ1v) is 12.3. The minimum Gasteiger partial charge on any atom is -0.392 e. The number of aliphatic hydroxyl groups excluding tert-OH is 1. The van der Waals surface area contributed by atoms with Gasteiger partial charge in [0.25, 0.3) is 0 Å². The number of fused-ring (bicyclic) bond motifs is 1. The summed E-state index contributed by atoms with van der Waals surface area (Å²) < 4.78 is 29.8. The van der Waals surface area contributed by atoms with Crippen molar-refractivity contribution < 1.29 is 18.7 Å². The lowest BCUT2D eigenvalue weighted by molar-refractivity contribution is -0.118. The van der Waals surface area contributed by atoms with Crippen LogP contribution >= 0.6 is 0 Å². The fourth-order valence-electron chi connectivity index (χ4n) is 5.05. The highest BCUT2D eigenvalue weighted by Crippen LogP contribution is 2.26. The third-order valence-electron chi connectivity index (χ3n) is 6.87. The van der Waals surface area contributed by atoms with Gasteiger partial charge in [0.15, 0.2) is 5.82 Å². The number of rotatable bonds is 10. The zero-order valence-corrected chi connectivity index (χ0v) is 19.9. The smallest absolute Gasteiger partial charge is 0.242 e. The predicted octanol–water partition coefficient (Wildman–Crippen LogP) is 2.87. The second-order valence-electron chi connectivity index (χ2n) is 9.70. The average Bonchev–Trinajstić information content (AvgIpc) is 3.22. The Hall–Kier alpha value is -2.36. The Morgan fingerprint density at radius 1 is 1.32 bits per heavy atom. The van der Waals surface area contributed by atoms with Crippen molar-refractivity contribution in [3.63, 3.8) is 0 Å². The molecule has 1 aliphatic carbocycles. The molecular formula is C25H35F2N5O2. The maximum Gasteiger partial charge on any atom is 0.242 e. The molecule has 0 bridgehead atoms. The number of anilines is 1. The van der Waals surface area contributed by atoms with Crippen LogP contribution in [0.4, 0.5) is 14.6 Å². The van der Waals surface area contributed by atoms with Crippen LogP contribution in [0.1, 0.15) is 50.7 Å². The lowest BCUT2D eigenvalue weighted by Gasteiger charge is -2.41. The Kier molecular flexibility index (Phi) is 7.95. The molecule has 1 amide bonds. The first kappa shape index (κ1) is 24.8. The molecule has 1 aromatic carbocycles. The van der Waals surface area contributed by atoms with Gasteiger partial charge in [-0.25, -0.2) is 13.8 Å². The molecule has 0 spiro atoms. The number of aryl methyl sites for hydroxylation is 1. The highest BCUT2D eigenvalue weighted by atomic mass is 19.1. The Morgan fingerprint density at radius 2 is 2.15 bits per heavy atom. The predicted molar refractivity (Wildman–Crippen MR) is 127 cm³/mol. The number of aromatic nitrogens is 2. The molecule has 4 rings (SSSR count). The van der Waals surface area contributed by atoms with Crippen molar-refractivity contribution in [2.45, 2.75) is 83.1 Å². The normalized spacial score (nSPS) is 22.0. The van der Waals surface area contributed by atoms with Gasteiger partial charge >= 0.3 is 0 Å². The molecule has 4 atom stereocenters. The minimum atomic E-state index is -0.543. The molecule has 1 aliphatic heterocycles. The molecule has 1 saturated heterocycles. The molecule has 186 valence electrons. The number of amides is 1. The van der Waals surface area contributed by atoms with Crippen molar-refractivity contribution >= 4 is 11.7 Å². The maximum atomic E-state index is 14.3. The average molecular weight is 476 g/mol. The monoisotopic (exact) mass is 475 g/mol. The van der Waals surface area contributed by atoms with E-state index >= 15 is 0 Å². The molecule has 0 unspecified atom stereocenters. The van der Waals surface area contributed by atoms with E-state index in [4.69, 9.17) is 0 Å². The minimum absolute atomic E-state index is 0.0502. The van der Waals surface area contributed by atoms with Crippen LogP contribution in [0, 0.1) is 11.6 Å². The number of hydrogen-bond acceptors (Lipinski definition) is 5. The van der Waals surface area contributed by atoms with E-state index in [1.807, 2.05) is 17.7 Å². The molecule has 1 fully saturated rings. The summed E-state index contributed by atoms with van der Waals surface area (Å²) >= 11 is 0. The lowest BCUT2D eigenvalue weighted by Crippen LogP contribution is -2.52. The van der Waals surface area contributed by atoms with Gasteiger partial charge in [0, 0.05) is 44.0 Å². The van der Waals surface area contributed by atoms with E-state index in [0.29, 0.717) is 43.2 Å². The summed E-state index contributed by atoms with van der Waals surface area (Å²) in [7, 11) is 0. The zero-order valence-electron chi connectivity index (χ0n) is 19.9. The maximum absolute atomic E-state index is 14.3. The molecule has 2 heterocycles. The highest BCUT2D eigenvalue weighted by molar-refractivity contribution is 5.94. The van der Waals surface area contributed by atoms with E-state index in [9.17, 15) is 18.7 Å². The fraction of sp³-hybridized carbons (Fsp3) is 0.600. The van der Waals surface area contributed by atoms with Crippen molar-refractivity contribution in [1.29, 1.82) is 0 Å². The van der Waals surface area contributed by atoms with Crippen LogP contribution in [-0.4, -0.2) is 62.8 Å². The van der Waals surface area contributed by atoms with E-state index in [1.165, 1.54) is 6.07 Å². The van der Waals surface area contributed by atoms with Gasteiger partial charge in [-0.15, -0.1) is 0 Å². The van der Waals surface area contributed by atoms with Crippen molar-refractivity contribution in [3.8, 4) is 0 Å².